The number of sulfonamides is 1. The standard InChI is InChI=1S/C30H41NO6S/c1-5-26(6-2)37-27-9-7-8-25(21-27)28-11-10-24(20-22(28)3)23-12-16-31(17-13-23)38(33,34)30(29(32)35-4)14-18-36-19-15-30/h7-11,20-21,23,26H,5-6,12-19H2,1-4H3. The van der Waals surface area contributed by atoms with Gasteiger partial charge in [-0.15, -0.1) is 0 Å². The number of hydrogen-bond acceptors (Lipinski definition) is 6. The minimum absolute atomic E-state index is 0.131. The Balaban J connectivity index is 1.46. The molecule has 2 aromatic rings. The van der Waals surface area contributed by atoms with E-state index >= 15 is 0 Å². The molecule has 2 aliphatic rings. The molecule has 7 nitrogen and oxygen atoms in total. The molecule has 0 N–H and O–H groups in total. The van der Waals surface area contributed by atoms with Crippen LogP contribution in [0.2, 0.25) is 0 Å². The summed E-state index contributed by atoms with van der Waals surface area (Å²) < 4.78 is 43.7. The van der Waals surface area contributed by atoms with Crippen molar-refractivity contribution in [3.05, 3.63) is 53.6 Å². The summed E-state index contributed by atoms with van der Waals surface area (Å²) in [6, 6.07) is 14.8. The number of rotatable bonds is 9. The van der Waals surface area contributed by atoms with Crippen LogP contribution in [0.5, 0.6) is 5.75 Å². The minimum Gasteiger partial charge on any atom is -0.490 e. The van der Waals surface area contributed by atoms with Gasteiger partial charge in [0, 0.05) is 39.1 Å². The highest BCUT2D eigenvalue weighted by molar-refractivity contribution is 7.91. The molecule has 2 aliphatic heterocycles. The van der Waals surface area contributed by atoms with Gasteiger partial charge in [-0.05, 0) is 72.9 Å². The Labute approximate surface area is 227 Å². The maximum atomic E-state index is 13.7. The van der Waals surface area contributed by atoms with Crippen molar-refractivity contribution >= 4 is 16.0 Å². The Kier molecular flexibility index (Phi) is 9.16. The van der Waals surface area contributed by atoms with E-state index in [0.717, 1.165) is 24.2 Å². The molecule has 0 aromatic heterocycles. The fraction of sp³-hybridized carbons (Fsp3) is 0.567. The van der Waals surface area contributed by atoms with Crippen molar-refractivity contribution in [1.82, 2.24) is 4.31 Å². The highest BCUT2D eigenvalue weighted by atomic mass is 32.2. The number of nitrogens with zero attached hydrogens (tertiary/aromatic N) is 1. The summed E-state index contributed by atoms with van der Waals surface area (Å²) in [6.45, 7) is 7.67. The lowest BCUT2D eigenvalue weighted by molar-refractivity contribution is -0.146. The van der Waals surface area contributed by atoms with Crippen LogP contribution >= 0.6 is 0 Å². The maximum absolute atomic E-state index is 13.7. The highest BCUT2D eigenvalue weighted by Crippen LogP contribution is 2.38. The molecule has 208 valence electrons. The summed E-state index contributed by atoms with van der Waals surface area (Å²) in [6.07, 6.45) is 3.87. The molecule has 0 unspecified atom stereocenters. The zero-order valence-corrected chi connectivity index (χ0v) is 23.9. The number of piperidine rings is 1. The lowest BCUT2D eigenvalue weighted by atomic mass is 9.87. The van der Waals surface area contributed by atoms with E-state index in [0.29, 0.717) is 25.9 Å². The average molecular weight is 544 g/mol. The molecule has 8 heteroatoms. The number of benzene rings is 2. The molecule has 2 heterocycles. The van der Waals surface area contributed by atoms with Crippen molar-refractivity contribution < 1.29 is 27.4 Å². The number of ether oxygens (including phenoxy) is 3. The molecule has 0 saturated carbocycles. The molecule has 2 saturated heterocycles. The van der Waals surface area contributed by atoms with Crippen LogP contribution in [0.1, 0.15) is 69.4 Å². The first-order valence-corrected chi connectivity index (χ1v) is 15.2. The normalized spacial score (nSPS) is 18.9. The third-order valence-corrected chi connectivity index (χ3v) is 10.8. The van der Waals surface area contributed by atoms with E-state index in [1.807, 2.05) is 12.1 Å². The Morgan fingerprint density at radius 1 is 1.08 bits per heavy atom. The molecule has 0 aliphatic carbocycles. The molecule has 0 bridgehead atoms. The largest absolute Gasteiger partial charge is 0.490 e. The van der Waals surface area contributed by atoms with Crippen LogP contribution in [0.3, 0.4) is 0 Å². The first-order valence-electron chi connectivity index (χ1n) is 13.8. The van der Waals surface area contributed by atoms with E-state index in [4.69, 9.17) is 14.2 Å². The second-order valence-electron chi connectivity index (χ2n) is 10.4. The van der Waals surface area contributed by atoms with Crippen molar-refractivity contribution in [1.29, 1.82) is 0 Å². The summed E-state index contributed by atoms with van der Waals surface area (Å²) in [5.74, 6) is 0.480. The molecule has 2 fully saturated rings. The summed E-state index contributed by atoms with van der Waals surface area (Å²) in [5.41, 5.74) is 4.71. The summed E-state index contributed by atoms with van der Waals surface area (Å²) >= 11 is 0. The number of aryl methyl sites for hydroxylation is 1. The molecule has 0 spiro atoms. The number of hydrogen-bond donors (Lipinski definition) is 0. The van der Waals surface area contributed by atoms with E-state index in [1.165, 1.54) is 28.1 Å². The van der Waals surface area contributed by atoms with Gasteiger partial charge in [0.1, 0.15) is 5.75 Å². The molecular weight excluding hydrogens is 502 g/mol. The first-order chi connectivity index (χ1) is 18.3. The summed E-state index contributed by atoms with van der Waals surface area (Å²) in [4.78, 5) is 12.7. The number of methoxy groups -OCH3 is 1. The Morgan fingerprint density at radius 3 is 2.37 bits per heavy atom. The SMILES string of the molecule is CCC(CC)Oc1cccc(-c2ccc(C3CCN(S(=O)(=O)C4(C(=O)OC)CCOCC4)CC3)cc2C)c1. The topological polar surface area (TPSA) is 82.1 Å². The van der Waals surface area contributed by atoms with Gasteiger partial charge >= 0.3 is 5.97 Å². The zero-order chi connectivity index (χ0) is 27.3. The second kappa shape index (κ2) is 12.2. The van der Waals surface area contributed by atoms with E-state index in [1.54, 1.807) is 0 Å². The molecule has 0 amide bonds. The Bertz CT molecular complexity index is 1210. The fourth-order valence-corrected chi connectivity index (χ4v) is 7.94. The second-order valence-corrected chi connectivity index (χ2v) is 12.7. The van der Waals surface area contributed by atoms with Crippen LogP contribution in [0.25, 0.3) is 11.1 Å². The molecule has 0 atom stereocenters. The zero-order valence-electron chi connectivity index (χ0n) is 23.1. The van der Waals surface area contributed by atoms with E-state index in [-0.39, 0.29) is 38.1 Å². The van der Waals surface area contributed by atoms with Crippen LogP contribution in [-0.4, -0.2) is 63.0 Å². The van der Waals surface area contributed by atoms with Crippen LogP contribution in [0, 0.1) is 6.92 Å². The molecule has 2 aromatic carbocycles. The Morgan fingerprint density at radius 2 is 1.76 bits per heavy atom. The van der Waals surface area contributed by atoms with Crippen LogP contribution < -0.4 is 4.74 Å². The van der Waals surface area contributed by atoms with Crippen molar-refractivity contribution in [2.75, 3.05) is 33.4 Å². The number of carbonyl (C=O) groups is 1. The van der Waals surface area contributed by atoms with E-state index < -0.39 is 20.7 Å². The van der Waals surface area contributed by atoms with Gasteiger partial charge in [-0.25, -0.2) is 12.7 Å². The first kappa shape index (κ1) is 28.6. The molecule has 4 rings (SSSR count). The van der Waals surface area contributed by atoms with Gasteiger partial charge in [-0.3, -0.25) is 4.79 Å². The summed E-state index contributed by atoms with van der Waals surface area (Å²) in [5, 5.41) is 0. The van der Waals surface area contributed by atoms with Gasteiger partial charge in [0.05, 0.1) is 13.2 Å². The van der Waals surface area contributed by atoms with Gasteiger partial charge < -0.3 is 14.2 Å². The van der Waals surface area contributed by atoms with Gasteiger partial charge in [-0.2, -0.15) is 0 Å². The lowest BCUT2D eigenvalue weighted by Gasteiger charge is -2.40. The van der Waals surface area contributed by atoms with E-state index in [2.05, 4.69) is 51.1 Å². The van der Waals surface area contributed by atoms with E-state index in [9.17, 15) is 13.2 Å². The van der Waals surface area contributed by atoms with Crippen molar-refractivity contribution in [2.24, 2.45) is 0 Å². The van der Waals surface area contributed by atoms with Crippen LogP contribution in [0.15, 0.2) is 42.5 Å². The molecule has 38 heavy (non-hydrogen) atoms. The number of carbonyl (C=O) groups excluding carboxylic acids is 1. The smallest absolute Gasteiger partial charge is 0.328 e. The monoisotopic (exact) mass is 543 g/mol. The van der Waals surface area contributed by atoms with Crippen molar-refractivity contribution in [2.45, 2.75) is 76.1 Å². The third-order valence-electron chi connectivity index (χ3n) is 8.23. The molecule has 0 radical (unpaired) electrons. The highest BCUT2D eigenvalue weighted by Gasteiger charge is 2.55. The minimum atomic E-state index is -3.86. The number of esters is 1. The van der Waals surface area contributed by atoms with Gasteiger partial charge in [0.25, 0.3) is 0 Å². The van der Waals surface area contributed by atoms with Crippen molar-refractivity contribution in [3.63, 3.8) is 0 Å². The van der Waals surface area contributed by atoms with Crippen LogP contribution in [-0.2, 0) is 24.3 Å². The Hall–Kier alpha value is -2.42. The fourth-order valence-electron chi connectivity index (χ4n) is 5.78. The van der Waals surface area contributed by atoms with Gasteiger partial charge in [-0.1, -0.05) is 44.2 Å². The maximum Gasteiger partial charge on any atom is 0.328 e. The van der Waals surface area contributed by atoms with Crippen molar-refractivity contribution in [3.8, 4) is 16.9 Å². The van der Waals surface area contributed by atoms with Crippen LogP contribution in [0.4, 0.5) is 0 Å². The quantitative estimate of drug-likeness (QED) is 0.391. The molecular formula is C30H41NO6S. The average Bonchev–Trinajstić information content (AvgIpc) is 2.95. The lowest BCUT2D eigenvalue weighted by Crippen LogP contribution is -2.57. The van der Waals surface area contributed by atoms with Gasteiger partial charge in [0.2, 0.25) is 10.0 Å². The summed E-state index contributed by atoms with van der Waals surface area (Å²) in [7, 11) is -2.61. The predicted molar refractivity (Wildman–Crippen MR) is 149 cm³/mol. The third kappa shape index (κ3) is 5.63. The van der Waals surface area contributed by atoms with Gasteiger partial charge in [0.15, 0.2) is 4.75 Å². The predicted octanol–water partition coefficient (Wildman–Crippen LogP) is 5.46.